The molecule has 0 unspecified atom stereocenters. The summed E-state index contributed by atoms with van der Waals surface area (Å²) >= 11 is 3.39. The zero-order valence-corrected chi connectivity index (χ0v) is 9.76. The van der Waals surface area contributed by atoms with Gasteiger partial charge in [-0.2, -0.15) is 0 Å². The summed E-state index contributed by atoms with van der Waals surface area (Å²) < 4.78 is 1.000. The number of rotatable bonds is 3. The second-order valence-corrected chi connectivity index (χ2v) is 3.84. The summed E-state index contributed by atoms with van der Waals surface area (Å²) in [5, 5.41) is 3.00. The number of carbonyl (C=O) groups excluding carboxylic acids is 1. The van der Waals surface area contributed by atoms with Gasteiger partial charge in [-0.05, 0) is 24.6 Å². The maximum atomic E-state index is 10.9. The average Bonchev–Trinajstić information content (AvgIpc) is 2.14. The third-order valence-corrected chi connectivity index (χ3v) is 2.25. The van der Waals surface area contributed by atoms with Gasteiger partial charge in [-0.1, -0.05) is 28.1 Å². The molecule has 3 heteroatoms. The smallest absolute Gasteiger partial charge is 0.154 e. The van der Waals surface area contributed by atoms with Gasteiger partial charge in [0.15, 0.2) is 5.78 Å². The Balaban J connectivity index is 3.07. The molecular formula is C11H12BrNO. The highest BCUT2D eigenvalue weighted by Gasteiger charge is 2.00. The fourth-order valence-electron chi connectivity index (χ4n) is 1.16. The maximum Gasteiger partial charge on any atom is 0.154 e. The van der Waals surface area contributed by atoms with Gasteiger partial charge in [0.2, 0.25) is 0 Å². The molecule has 0 aromatic heterocycles. The maximum absolute atomic E-state index is 10.9. The van der Waals surface area contributed by atoms with E-state index in [0.717, 1.165) is 15.7 Å². The van der Waals surface area contributed by atoms with Crippen LogP contribution in [0.4, 0.5) is 0 Å². The van der Waals surface area contributed by atoms with Gasteiger partial charge in [0.25, 0.3) is 0 Å². The van der Waals surface area contributed by atoms with Crippen molar-refractivity contribution in [3.05, 3.63) is 40.4 Å². The molecule has 14 heavy (non-hydrogen) atoms. The largest absolute Gasteiger partial charge is 0.388 e. The van der Waals surface area contributed by atoms with Crippen LogP contribution in [-0.4, -0.2) is 12.8 Å². The van der Waals surface area contributed by atoms with Crippen LogP contribution in [0.3, 0.4) is 0 Å². The van der Waals surface area contributed by atoms with Crippen molar-refractivity contribution in [2.75, 3.05) is 7.05 Å². The Bertz CT molecular complexity index is 371. The first-order valence-corrected chi connectivity index (χ1v) is 5.08. The topological polar surface area (TPSA) is 29.1 Å². The van der Waals surface area contributed by atoms with Gasteiger partial charge in [-0.15, -0.1) is 0 Å². The predicted molar refractivity (Wildman–Crippen MR) is 61.9 cm³/mol. The Hall–Kier alpha value is -1.09. The van der Waals surface area contributed by atoms with Gasteiger partial charge < -0.3 is 5.32 Å². The lowest BCUT2D eigenvalue weighted by Gasteiger charge is -2.06. The number of nitrogens with one attached hydrogen (secondary N) is 1. The fraction of sp³-hybridized carbons (Fsp3) is 0.182. The molecule has 0 heterocycles. The van der Waals surface area contributed by atoms with Crippen molar-refractivity contribution in [2.45, 2.75) is 6.92 Å². The number of hydrogen-bond acceptors (Lipinski definition) is 2. The second kappa shape index (κ2) is 4.96. The summed E-state index contributed by atoms with van der Waals surface area (Å²) in [7, 11) is 1.80. The van der Waals surface area contributed by atoms with E-state index in [9.17, 15) is 4.79 Å². The Morgan fingerprint density at radius 1 is 1.50 bits per heavy atom. The minimum atomic E-state index is 0.0364. The van der Waals surface area contributed by atoms with E-state index in [4.69, 9.17) is 0 Å². The van der Waals surface area contributed by atoms with Crippen LogP contribution in [0.1, 0.15) is 12.5 Å². The van der Waals surface area contributed by atoms with Gasteiger partial charge in [-0.25, -0.2) is 0 Å². The molecule has 0 fully saturated rings. The van der Waals surface area contributed by atoms with Crippen molar-refractivity contribution in [2.24, 2.45) is 0 Å². The van der Waals surface area contributed by atoms with E-state index < -0.39 is 0 Å². The Morgan fingerprint density at radius 3 is 2.71 bits per heavy atom. The lowest BCUT2D eigenvalue weighted by Crippen LogP contribution is -2.06. The number of allylic oxidation sites excluding steroid dienone is 1. The molecule has 0 aliphatic carbocycles. The molecule has 1 rings (SSSR count). The van der Waals surface area contributed by atoms with Gasteiger partial charge in [0, 0.05) is 23.3 Å². The van der Waals surface area contributed by atoms with Crippen molar-refractivity contribution in [3.63, 3.8) is 0 Å². The fourth-order valence-corrected chi connectivity index (χ4v) is 1.56. The SMILES string of the molecule is CN/C(=C\C(C)=O)c1cccc(Br)c1. The number of hydrogen-bond donors (Lipinski definition) is 1. The molecule has 0 saturated heterocycles. The van der Waals surface area contributed by atoms with Crippen LogP contribution in [0.15, 0.2) is 34.8 Å². The van der Waals surface area contributed by atoms with Crippen LogP contribution >= 0.6 is 15.9 Å². The van der Waals surface area contributed by atoms with Crippen LogP contribution in [-0.2, 0) is 4.79 Å². The standard InChI is InChI=1S/C11H12BrNO/c1-8(14)6-11(13-2)9-4-3-5-10(12)7-9/h3-7,13H,1-2H3/b11-6-. The Morgan fingerprint density at radius 2 is 2.21 bits per heavy atom. The molecule has 0 saturated carbocycles. The zero-order valence-electron chi connectivity index (χ0n) is 8.17. The Labute approximate surface area is 92.1 Å². The van der Waals surface area contributed by atoms with Gasteiger partial charge in [0.05, 0.1) is 0 Å². The number of halogens is 1. The molecule has 2 nitrogen and oxygen atoms in total. The number of ketones is 1. The van der Waals surface area contributed by atoms with Gasteiger partial charge >= 0.3 is 0 Å². The van der Waals surface area contributed by atoms with Gasteiger partial charge in [-0.3, -0.25) is 4.79 Å². The molecular weight excluding hydrogens is 242 g/mol. The summed E-state index contributed by atoms with van der Waals surface area (Å²) in [6, 6.07) is 7.80. The molecule has 0 bridgehead atoms. The first kappa shape index (κ1) is 11.0. The normalized spacial score (nSPS) is 11.2. The molecule has 1 aromatic carbocycles. The van der Waals surface area contributed by atoms with E-state index >= 15 is 0 Å². The van der Waals surface area contributed by atoms with E-state index in [1.807, 2.05) is 24.3 Å². The molecule has 0 atom stereocenters. The lowest BCUT2D eigenvalue weighted by atomic mass is 10.1. The molecule has 0 radical (unpaired) electrons. The first-order valence-electron chi connectivity index (χ1n) is 4.29. The predicted octanol–water partition coefficient (Wildman–Crippen LogP) is 2.60. The quantitative estimate of drug-likeness (QED) is 0.840. The summed E-state index contributed by atoms with van der Waals surface area (Å²) in [6.45, 7) is 1.54. The van der Waals surface area contributed by atoms with Crippen LogP contribution in [0.2, 0.25) is 0 Å². The summed E-state index contributed by atoms with van der Waals surface area (Å²) in [5.41, 5.74) is 1.83. The zero-order chi connectivity index (χ0) is 10.6. The molecule has 0 aliphatic rings. The molecule has 0 spiro atoms. The third kappa shape index (κ3) is 3.00. The van der Waals surface area contributed by atoms with Gasteiger partial charge in [0.1, 0.15) is 0 Å². The molecule has 1 aromatic rings. The number of carbonyl (C=O) groups is 1. The minimum absolute atomic E-state index is 0.0364. The molecule has 0 aliphatic heterocycles. The molecule has 74 valence electrons. The van der Waals surface area contributed by atoms with Crippen LogP contribution in [0.5, 0.6) is 0 Å². The lowest BCUT2D eigenvalue weighted by molar-refractivity contribution is -0.112. The van der Waals surface area contributed by atoms with Crippen molar-refractivity contribution >= 4 is 27.4 Å². The number of benzene rings is 1. The summed E-state index contributed by atoms with van der Waals surface area (Å²) in [6.07, 6.45) is 1.59. The van der Waals surface area contributed by atoms with Crippen LogP contribution in [0.25, 0.3) is 5.70 Å². The van der Waals surface area contributed by atoms with E-state index in [1.165, 1.54) is 6.92 Å². The third-order valence-electron chi connectivity index (χ3n) is 1.75. The van der Waals surface area contributed by atoms with Crippen LogP contribution in [0, 0.1) is 0 Å². The monoisotopic (exact) mass is 253 g/mol. The van der Waals surface area contributed by atoms with E-state index in [2.05, 4.69) is 21.2 Å². The van der Waals surface area contributed by atoms with Crippen molar-refractivity contribution in [3.8, 4) is 0 Å². The van der Waals surface area contributed by atoms with E-state index in [0.29, 0.717) is 0 Å². The molecule has 1 N–H and O–H groups in total. The van der Waals surface area contributed by atoms with Crippen molar-refractivity contribution < 1.29 is 4.79 Å². The summed E-state index contributed by atoms with van der Waals surface area (Å²) in [4.78, 5) is 10.9. The summed E-state index contributed by atoms with van der Waals surface area (Å²) in [5.74, 6) is 0.0364. The highest BCUT2D eigenvalue weighted by atomic mass is 79.9. The van der Waals surface area contributed by atoms with E-state index in [1.54, 1.807) is 13.1 Å². The van der Waals surface area contributed by atoms with E-state index in [-0.39, 0.29) is 5.78 Å². The van der Waals surface area contributed by atoms with Crippen LogP contribution < -0.4 is 5.32 Å². The minimum Gasteiger partial charge on any atom is -0.388 e. The highest BCUT2D eigenvalue weighted by Crippen LogP contribution is 2.17. The average molecular weight is 254 g/mol. The van der Waals surface area contributed by atoms with Crippen molar-refractivity contribution in [1.82, 2.24) is 5.32 Å². The molecule has 0 amide bonds. The second-order valence-electron chi connectivity index (χ2n) is 2.93. The highest BCUT2D eigenvalue weighted by molar-refractivity contribution is 9.10. The first-order chi connectivity index (χ1) is 6.63. The Kier molecular flexibility index (Phi) is 3.89. The van der Waals surface area contributed by atoms with Crippen molar-refractivity contribution in [1.29, 1.82) is 0 Å².